The van der Waals surface area contributed by atoms with Gasteiger partial charge in [0.05, 0.1) is 17.3 Å². The number of pyridine rings is 1. The summed E-state index contributed by atoms with van der Waals surface area (Å²) in [7, 11) is 0. The molecule has 0 saturated heterocycles. The van der Waals surface area contributed by atoms with Gasteiger partial charge in [-0.2, -0.15) is 0 Å². The molecule has 0 spiro atoms. The Hall–Kier alpha value is -3.34. The molecule has 1 unspecified atom stereocenters. The number of ether oxygens (including phenoxy) is 1. The van der Waals surface area contributed by atoms with E-state index in [-0.39, 0.29) is 12.4 Å². The lowest BCUT2D eigenvalue weighted by atomic mass is 10.2. The topological polar surface area (TPSA) is 71.5 Å². The largest absolute Gasteiger partial charge is 0.510 e. The summed E-state index contributed by atoms with van der Waals surface area (Å²) in [4.78, 5) is 16.3. The van der Waals surface area contributed by atoms with Gasteiger partial charge in [0.1, 0.15) is 12.4 Å². The number of nitrogens with one attached hydrogen (secondary N) is 1. The number of amides is 1. The molecule has 1 heterocycles. The van der Waals surface area contributed by atoms with Gasteiger partial charge < -0.3 is 15.2 Å². The number of hydrogen-bond donors (Lipinski definition) is 2. The van der Waals surface area contributed by atoms with Gasteiger partial charge in [-0.05, 0) is 24.6 Å². The van der Waals surface area contributed by atoms with Gasteiger partial charge in [0.15, 0.2) is 0 Å². The van der Waals surface area contributed by atoms with Crippen molar-refractivity contribution in [3.63, 3.8) is 0 Å². The Morgan fingerprint density at radius 1 is 1.12 bits per heavy atom. The fraction of sp³-hybridized carbons (Fsp3) is 0.143. The van der Waals surface area contributed by atoms with Gasteiger partial charge in [-0.25, -0.2) is 9.78 Å². The van der Waals surface area contributed by atoms with Crippen molar-refractivity contribution < 1.29 is 14.6 Å². The quantitative estimate of drug-likeness (QED) is 0.668. The van der Waals surface area contributed by atoms with Crippen molar-refractivity contribution >= 4 is 23.1 Å². The summed E-state index contributed by atoms with van der Waals surface area (Å²) < 4.78 is 5.15. The summed E-state index contributed by atoms with van der Waals surface area (Å²) in [5.74, 6) is 0.00411. The standard InChI is InChI=1S/C21H20N2O3/c1-15(22-21(25)26-14-16-7-3-2-4-8-16)20(24)13-18-12-11-17-9-5-6-10-19(17)23-18/h2-13,15,24H,14H2,1H3,(H,22,25)/b20-13-. The summed E-state index contributed by atoms with van der Waals surface area (Å²) in [6.45, 7) is 1.85. The predicted molar refractivity (Wildman–Crippen MR) is 102 cm³/mol. The molecule has 5 nitrogen and oxygen atoms in total. The second-order valence-corrected chi connectivity index (χ2v) is 5.93. The van der Waals surface area contributed by atoms with Crippen LogP contribution in [0.15, 0.2) is 72.5 Å². The highest BCUT2D eigenvalue weighted by Gasteiger charge is 2.12. The summed E-state index contributed by atoms with van der Waals surface area (Å²) in [5.41, 5.74) is 2.36. The number of carbonyl (C=O) groups excluding carboxylic acids is 1. The lowest BCUT2D eigenvalue weighted by molar-refractivity contribution is 0.135. The van der Waals surface area contributed by atoms with E-state index >= 15 is 0 Å². The van der Waals surface area contributed by atoms with Gasteiger partial charge in [-0.3, -0.25) is 0 Å². The van der Waals surface area contributed by atoms with Crippen LogP contribution in [-0.4, -0.2) is 22.2 Å². The number of rotatable bonds is 5. The van der Waals surface area contributed by atoms with Crippen LogP contribution in [0.3, 0.4) is 0 Å². The first-order valence-corrected chi connectivity index (χ1v) is 8.35. The lowest BCUT2D eigenvalue weighted by Gasteiger charge is -2.13. The van der Waals surface area contributed by atoms with Crippen molar-refractivity contribution in [2.45, 2.75) is 19.6 Å². The molecule has 0 fully saturated rings. The van der Waals surface area contributed by atoms with Crippen LogP contribution in [0.1, 0.15) is 18.2 Å². The van der Waals surface area contributed by atoms with E-state index in [2.05, 4.69) is 10.3 Å². The Kier molecular flexibility index (Phi) is 5.49. The van der Waals surface area contributed by atoms with Gasteiger partial charge >= 0.3 is 6.09 Å². The first kappa shape index (κ1) is 17.5. The highest BCUT2D eigenvalue weighted by Crippen LogP contribution is 2.14. The van der Waals surface area contributed by atoms with Crippen molar-refractivity contribution in [3.05, 3.63) is 83.7 Å². The van der Waals surface area contributed by atoms with Crippen molar-refractivity contribution in [3.8, 4) is 0 Å². The van der Waals surface area contributed by atoms with Crippen LogP contribution in [0.2, 0.25) is 0 Å². The molecule has 0 aliphatic heterocycles. The molecule has 26 heavy (non-hydrogen) atoms. The zero-order chi connectivity index (χ0) is 18.4. The molecule has 0 bridgehead atoms. The van der Waals surface area contributed by atoms with E-state index in [0.717, 1.165) is 16.5 Å². The maximum Gasteiger partial charge on any atom is 0.408 e. The summed E-state index contributed by atoms with van der Waals surface area (Å²) >= 11 is 0. The normalized spacial score (nSPS) is 12.6. The molecule has 2 N–H and O–H groups in total. The summed E-state index contributed by atoms with van der Waals surface area (Å²) in [6.07, 6.45) is 0.946. The molecule has 2 aromatic carbocycles. The maximum atomic E-state index is 11.9. The first-order chi connectivity index (χ1) is 12.6. The fourth-order valence-corrected chi connectivity index (χ4v) is 2.45. The van der Waals surface area contributed by atoms with E-state index in [1.165, 1.54) is 6.08 Å². The molecule has 1 aromatic heterocycles. The Labute approximate surface area is 152 Å². The fourth-order valence-electron chi connectivity index (χ4n) is 2.45. The minimum Gasteiger partial charge on any atom is -0.510 e. The van der Waals surface area contributed by atoms with Crippen LogP contribution in [0.25, 0.3) is 17.0 Å². The van der Waals surface area contributed by atoms with Crippen LogP contribution in [-0.2, 0) is 11.3 Å². The number of fused-ring (bicyclic) bond motifs is 1. The van der Waals surface area contributed by atoms with E-state index in [1.54, 1.807) is 6.92 Å². The molecule has 3 aromatic rings. The van der Waals surface area contributed by atoms with Crippen molar-refractivity contribution in [1.82, 2.24) is 10.3 Å². The first-order valence-electron chi connectivity index (χ1n) is 8.35. The molecule has 0 saturated carbocycles. The molecular weight excluding hydrogens is 328 g/mol. The minimum absolute atomic E-state index is 0.00411. The average Bonchev–Trinajstić information content (AvgIpc) is 2.67. The Bertz CT molecular complexity index is 923. The minimum atomic E-state index is -0.591. The number of aliphatic hydroxyl groups excluding tert-OH is 1. The molecule has 3 rings (SSSR count). The summed E-state index contributed by atoms with van der Waals surface area (Å²) in [6, 6.07) is 20.3. The van der Waals surface area contributed by atoms with Gasteiger partial charge in [-0.15, -0.1) is 0 Å². The summed E-state index contributed by atoms with van der Waals surface area (Å²) in [5, 5.41) is 13.9. The predicted octanol–water partition coefficient (Wildman–Crippen LogP) is 4.45. The smallest absolute Gasteiger partial charge is 0.408 e. The molecule has 0 aliphatic rings. The van der Waals surface area contributed by atoms with Gasteiger partial charge in [0.25, 0.3) is 0 Å². The van der Waals surface area contributed by atoms with Crippen LogP contribution in [0.5, 0.6) is 0 Å². The van der Waals surface area contributed by atoms with E-state index in [9.17, 15) is 9.90 Å². The van der Waals surface area contributed by atoms with E-state index in [4.69, 9.17) is 4.74 Å². The number of aliphatic hydroxyl groups is 1. The van der Waals surface area contributed by atoms with E-state index in [0.29, 0.717) is 5.69 Å². The molecular formula is C21H20N2O3. The molecule has 1 atom stereocenters. The van der Waals surface area contributed by atoms with E-state index < -0.39 is 12.1 Å². The van der Waals surface area contributed by atoms with Crippen molar-refractivity contribution in [2.75, 3.05) is 0 Å². The number of hydrogen-bond acceptors (Lipinski definition) is 4. The number of para-hydroxylation sites is 1. The average molecular weight is 348 g/mol. The van der Waals surface area contributed by atoms with Gasteiger partial charge in [0.2, 0.25) is 0 Å². The molecule has 1 amide bonds. The van der Waals surface area contributed by atoms with Gasteiger partial charge in [0, 0.05) is 11.5 Å². The lowest BCUT2D eigenvalue weighted by Crippen LogP contribution is -2.34. The third-order valence-electron chi connectivity index (χ3n) is 3.91. The molecule has 0 aliphatic carbocycles. The monoisotopic (exact) mass is 348 g/mol. The Morgan fingerprint density at radius 3 is 2.65 bits per heavy atom. The highest BCUT2D eigenvalue weighted by atomic mass is 16.5. The highest BCUT2D eigenvalue weighted by molar-refractivity contribution is 5.79. The molecule has 5 heteroatoms. The van der Waals surface area contributed by atoms with Crippen LogP contribution < -0.4 is 5.32 Å². The third-order valence-corrected chi connectivity index (χ3v) is 3.91. The van der Waals surface area contributed by atoms with Crippen LogP contribution in [0, 0.1) is 0 Å². The van der Waals surface area contributed by atoms with E-state index in [1.807, 2.05) is 66.7 Å². The third kappa shape index (κ3) is 4.60. The zero-order valence-electron chi connectivity index (χ0n) is 14.4. The number of nitrogens with zero attached hydrogens (tertiary/aromatic N) is 1. The second kappa shape index (κ2) is 8.16. The molecule has 0 radical (unpaired) electrons. The SMILES string of the molecule is CC(NC(=O)OCc1ccccc1)/C(O)=C/c1ccc2ccccc2n1. The van der Waals surface area contributed by atoms with Crippen molar-refractivity contribution in [2.24, 2.45) is 0 Å². The number of benzene rings is 2. The second-order valence-electron chi connectivity index (χ2n) is 5.93. The van der Waals surface area contributed by atoms with Gasteiger partial charge in [-0.1, -0.05) is 54.6 Å². The van der Waals surface area contributed by atoms with Crippen LogP contribution >= 0.6 is 0 Å². The Balaban J connectivity index is 1.59. The number of alkyl carbamates (subject to hydrolysis) is 1. The van der Waals surface area contributed by atoms with Crippen LogP contribution in [0.4, 0.5) is 4.79 Å². The number of aromatic nitrogens is 1. The van der Waals surface area contributed by atoms with Crippen molar-refractivity contribution in [1.29, 1.82) is 0 Å². The Morgan fingerprint density at radius 2 is 1.85 bits per heavy atom. The number of carbonyl (C=O) groups is 1. The zero-order valence-corrected chi connectivity index (χ0v) is 14.4. The molecule has 132 valence electrons. The maximum absolute atomic E-state index is 11.9.